The number of dihydropyridines is 1. The first kappa shape index (κ1) is 28.5. The molecule has 0 bridgehead atoms. The first-order chi connectivity index (χ1) is 19.6. The Morgan fingerprint density at radius 1 is 1.12 bits per heavy atom. The highest BCUT2D eigenvalue weighted by atomic mass is 16.7. The van der Waals surface area contributed by atoms with Crippen molar-refractivity contribution in [3.05, 3.63) is 82.3 Å². The summed E-state index contributed by atoms with van der Waals surface area (Å²) < 4.78 is 10.9. The van der Waals surface area contributed by atoms with Crippen LogP contribution in [0.4, 0.5) is 5.82 Å². The van der Waals surface area contributed by atoms with Gasteiger partial charge in [-0.3, -0.25) is 14.4 Å². The van der Waals surface area contributed by atoms with Crippen LogP contribution in [0, 0.1) is 5.41 Å². The Bertz CT molecular complexity index is 1440. The van der Waals surface area contributed by atoms with Crippen molar-refractivity contribution >= 4 is 23.5 Å². The van der Waals surface area contributed by atoms with E-state index in [1.165, 1.54) is 0 Å². The van der Waals surface area contributed by atoms with Crippen molar-refractivity contribution in [2.24, 2.45) is 5.41 Å². The molecule has 3 amide bonds. The van der Waals surface area contributed by atoms with Crippen molar-refractivity contribution in [2.45, 2.75) is 51.9 Å². The van der Waals surface area contributed by atoms with Crippen molar-refractivity contribution in [3.63, 3.8) is 0 Å². The Hall–Kier alpha value is -4.02. The van der Waals surface area contributed by atoms with E-state index in [1.54, 1.807) is 25.3 Å². The van der Waals surface area contributed by atoms with E-state index < -0.39 is 17.1 Å². The molecule has 3 N–H and O–H groups in total. The minimum absolute atomic E-state index is 0.0535. The van der Waals surface area contributed by atoms with Crippen LogP contribution in [0.2, 0.25) is 0 Å². The predicted octanol–water partition coefficient (Wildman–Crippen LogP) is 3.29. The second kappa shape index (κ2) is 11.1. The van der Waals surface area contributed by atoms with Gasteiger partial charge in [0.25, 0.3) is 0 Å². The summed E-state index contributed by atoms with van der Waals surface area (Å²) in [5.74, 6) is 0.115. The van der Waals surface area contributed by atoms with Gasteiger partial charge >= 0.3 is 0 Å². The van der Waals surface area contributed by atoms with Crippen LogP contribution in [-0.2, 0) is 35.8 Å². The molecule has 2 aromatic rings. The highest BCUT2D eigenvalue weighted by molar-refractivity contribution is 6.06. The Morgan fingerprint density at radius 3 is 2.61 bits per heavy atom. The van der Waals surface area contributed by atoms with Gasteiger partial charge in [-0.15, -0.1) is 0 Å². The van der Waals surface area contributed by atoms with Crippen LogP contribution >= 0.6 is 0 Å². The van der Waals surface area contributed by atoms with Crippen molar-refractivity contribution < 1.29 is 23.9 Å². The van der Waals surface area contributed by atoms with E-state index in [1.807, 2.05) is 63.2 Å². The van der Waals surface area contributed by atoms with Gasteiger partial charge in [-0.05, 0) is 29.7 Å². The van der Waals surface area contributed by atoms with E-state index in [9.17, 15) is 14.4 Å². The van der Waals surface area contributed by atoms with Crippen LogP contribution in [0.15, 0.2) is 65.6 Å². The molecule has 1 aromatic carbocycles. The molecule has 0 saturated heterocycles. The van der Waals surface area contributed by atoms with Gasteiger partial charge in [0.15, 0.2) is 6.29 Å². The number of hydrogen-bond donors (Lipinski definition) is 3. The molecular formula is C31H37N5O5. The van der Waals surface area contributed by atoms with Crippen LogP contribution in [0.25, 0.3) is 0 Å². The first-order valence-corrected chi connectivity index (χ1v) is 13.7. The zero-order chi connectivity index (χ0) is 29.4. The number of allylic oxidation sites excluding steroid dienone is 3. The van der Waals surface area contributed by atoms with Crippen molar-refractivity contribution in [1.82, 2.24) is 20.5 Å². The van der Waals surface area contributed by atoms with Gasteiger partial charge < -0.3 is 30.3 Å². The molecular weight excluding hydrogens is 522 g/mol. The topological polar surface area (TPSA) is 122 Å². The first-order valence-electron chi connectivity index (χ1n) is 13.7. The molecule has 1 unspecified atom stereocenters. The van der Waals surface area contributed by atoms with Crippen LogP contribution in [-0.4, -0.2) is 54.9 Å². The highest BCUT2D eigenvalue weighted by Crippen LogP contribution is 2.50. The molecule has 3 aliphatic rings. The zero-order valence-corrected chi connectivity index (χ0v) is 24.2. The summed E-state index contributed by atoms with van der Waals surface area (Å²) in [6.07, 6.45) is 4.11. The SMILES string of the molecule is COC(OC)c1ccccc1CN(CC(=O)NC1=CC2=C(CC3(C2)C(=O)Nc2ncccc23)NC1)C(=O)C(C)(C)C. The minimum atomic E-state index is -0.692. The molecule has 41 heavy (non-hydrogen) atoms. The molecule has 0 fully saturated rings. The van der Waals surface area contributed by atoms with E-state index >= 15 is 0 Å². The molecule has 3 heterocycles. The Labute approximate surface area is 240 Å². The second-order valence-corrected chi connectivity index (χ2v) is 11.8. The normalized spacial score (nSPS) is 19.5. The number of aromatic nitrogens is 1. The molecule has 10 nitrogen and oxygen atoms in total. The van der Waals surface area contributed by atoms with E-state index in [0.29, 0.717) is 30.9 Å². The number of carbonyl (C=O) groups excluding carboxylic acids is 3. The van der Waals surface area contributed by atoms with E-state index in [-0.39, 0.29) is 30.8 Å². The number of hydrogen-bond acceptors (Lipinski definition) is 7. The standard InChI is InChI=1S/C31H37N5O5/c1-30(2,3)29(39)36(17-19-9-6-7-10-22(19)27(40-4)41-5)18-25(37)34-21-13-20-14-31(15-24(20)33-16-21)23-11-8-12-32-26(23)35-28(31)38/h6-13,27,33H,14-18H2,1-5H3,(H,34,37)(H,32,35,38). The molecule has 2 aliphatic heterocycles. The summed E-state index contributed by atoms with van der Waals surface area (Å²) >= 11 is 0. The molecule has 1 atom stereocenters. The van der Waals surface area contributed by atoms with Gasteiger partial charge in [-0.25, -0.2) is 4.98 Å². The lowest BCUT2D eigenvalue weighted by molar-refractivity contribution is -0.143. The fourth-order valence-electron chi connectivity index (χ4n) is 5.89. The number of carbonyl (C=O) groups is 3. The van der Waals surface area contributed by atoms with Crippen LogP contribution in [0.5, 0.6) is 0 Å². The minimum Gasteiger partial charge on any atom is -0.383 e. The molecule has 10 heteroatoms. The Kier molecular flexibility index (Phi) is 7.72. The molecule has 0 saturated carbocycles. The number of methoxy groups -OCH3 is 2. The molecule has 216 valence electrons. The fraction of sp³-hybridized carbons (Fsp3) is 0.419. The number of benzene rings is 1. The lowest BCUT2D eigenvalue weighted by atomic mass is 9.79. The van der Waals surface area contributed by atoms with Crippen LogP contribution in [0.3, 0.4) is 0 Å². The molecule has 1 aliphatic carbocycles. The number of rotatable bonds is 8. The van der Waals surface area contributed by atoms with Crippen molar-refractivity contribution in [3.8, 4) is 0 Å². The van der Waals surface area contributed by atoms with Gasteiger partial charge in [-0.2, -0.15) is 0 Å². The summed E-state index contributed by atoms with van der Waals surface area (Å²) in [6.45, 7) is 6.03. The van der Waals surface area contributed by atoms with Crippen molar-refractivity contribution in [2.75, 3.05) is 32.6 Å². The Balaban J connectivity index is 1.31. The van der Waals surface area contributed by atoms with Gasteiger partial charge in [-0.1, -0.05) is 51.1 Å². The summed E-state index contributed by atoms with van der Waals surface area (Å²) in [6, 6.07) is 11.4. The maximum atomic E-state index is 13.4. The second-order valence-electron chi connectivity index (χ2n) is 11.8. The number of pyridine rings is 1. The highest BCUT2D eigenvalue weighted by Gasteiger charge is 2.52. The Morgan fingerprint density at radius 2 is 1.88 bits per heavy atom. The number of fused-ring (bicyclic) bond motifs is 2. The largest absolute Gasteiger partial charge is 0.383 e. The van der Waals surface area contributed by atoms with Crippen LogP contribution < -0.4 is 16.0 Å². The van der Waals surface area contributed by atoms with Gasteiger partial charge in [0.1, 0.15) is 12.4 Å². The number of anilines is 1. The van der Waals surface area contributed by atoms with Crippen molar-refractivity contribution in [1.29, 1.82) is 0 Å². The summed E-state index contributed by atoms with van der Waals surface area (Å²) in [5, 5.41) is 9.31. The zero-order valence-electron chi connectivity index (χ0n) is 24.2. The third kappa shape index (κ3) is 5.49. The van der Waals surface area contributed by atoms with E-state index in [2.05, 4.69) is 20.9 Å². The maximum Gasteiger partial charge on any atom is 0.243 e. The molecule has 1 aromatic heterocycles. The maximum absolute atomic E-state index is 13.4. The molecule has 0 radical (unpaired) electrons. The number of nitrogens with one attached hydrogen (secondary N) is 3. The summed E-state index contributed by atoms with van der Waals surface area (Å²) in [7, 11) is 3.12. The quantitative estimate of drug-likeness (QED) is 0.425. The van der Waals surface area contributed by atoms with Crippen LogP contribution in [0.1, 0.15) is 56.6 Å². The predicted molar refractivity (Wildman–Crippen MR) is 153 cm³/mol. The van der Waals surface area contributed by atoms with E-state index in [0.717, 1.165) is 28.0 Å². The third-order valence-electron chi connectivity index (χ3n) is 7.85. The molecule has 5 rings (SSSR count). The monoisotopic (exact) mass is 559 g/mol. The van der Waals surface area contributed by atoms with Gasteiger partial charge in [0.2, 0.25) is 17.7 Å². The fourth-order valence-corrected chi connectivity index (χ4v) is 5.89. The van der Waals surface area contributed by atoms with Gasteiger partial charge in [0, 0.05) is 61.3 Å². The third-order valence-corrected chi connectivity index (χ3v) is 7.85. The molecule has 1 spiro atoms. The van der Waals surface area contributed by atoms with E-state index in [4.69, 9.17) is 9.47 Å². The lowest BCUT2D eigenvalue weighted by Crippen LogP contribution is -2.45. The smallest absolute Gasteiger partial charge is 0.243 e. The van der Waals surface area contributed by atoms with Gasteiger partial charge in [0.05, 0.1) is 12.0 Å². The number of amides is 3. The average Bonchev–Trinajstić information content (AvgIpc) is 3.45. The number of nitrogens with zero attached hydrogens (tertiary/aromatic N) is 2. The summed E-state index contributed by atoms with van der Waals surface area (Å²) in [4.78, 5) is 45.7. The summed E-state index contributed by atoms with van der Waals surface area (Å²) in [5.41, 5.74) is 3.84. The lowest BCUT2D eigenvalue weighted by Gasteiger charge is -2.30. The average molecular weight is 560 g/mol. The number of ether oxygens (including phenoxy) is 2.